The van der Waals surface area contributed by atoms with Gasteiger partial charge in [-0.25, -0.2) is 0 Å². The summed E-state index contributed by atoms with van der Waals surface area (Å²) in [5.74, 6) is 0.824. The molecule has 0 saturated carbocycles. The van der Waals surface area contributed by atoms with Gasteiger partial charge in [0.25, 0.3) is 5.91 Å². The maximum Gasteiger partial charge on any atom is 0.283 e. The fourth-order valence-corrected chi connectivity index (χ4v) is 4.57. The maximum atomic E-state index is 12.6. The smallest absolute Gasteiger partial charge is 0.283 e. The van der Waals surface area contributed by atoms with Crippen molar-refractivity contribution < 1.29 is 9.21 Å². The van der Waals surface area contributed by atoms with E-state index in [-0.39, 0.29) is 11.4 Å². The molecule has 1 aromatic heterocycles. The molecule has 0 saturated heterocycles. The lowest BCUT2D eigenvalue weighted by atomic mass is 10.1. The van der Waals surface area contributed by atoms with E-state index in [4.69, 9.17) is 9.83 Å². The SMILES string of the molecule is N=C1C(=Cc2ccc(-c3cccc(Br)c3)o2)C(=O)N=C2SC=C(c3ccccc3)N12. The first-order valence-electron chi connectivity index (χ1n) is 9.12. The van der Waals surface area contributed by atoms with Gasteiger partial charge in [-0.2, -0.15) is 4.99 Å². The number of thioether (sulfide) groups is 1. The molecule has 5 rings (SSSR count). The van der Waals surface area contributed by atoms with E-state index in [1.807, 2.05) is 66.1 Å². The molecule has 2 aromatic carbocycles. The van der Waals surface area contributed by atoms with Gasteiger partial charge in [-0.15, -0.1) is 0 Å². The second kappa shape index (κ2) is 7.59. The number of fused-ring (bicyclic) bond motifs is 1. The molecule has 2 aliphatic heterocycles. The minimum Gasteiger partial charge on any atom is -0.457 e. The molecular weight excluding hydrogens is 462 g/mol. The number of furan rings is 1. The normalized spacial score (nSPS) is 17.2. The van der Waals surface area contributed by atoms with Gasteiger partial charge in [0.05, 0.1) is 11.3 Å². The molecule has 30 heavy (non-hydrogen) atoms. The van der Waals surface area contributed by atoms with Gasteiger partial charge in [0, 0.05) is 15.4 Å². The van der Waals surface area contributed by atoms with Crippen LogP contribution in [0.4, 0.5) is 0 Å². The van der Waals surface area contributed by atoms with Gasteiger partial charge >= 0.3 is 0 Å². The number of amides is 1. The predicted octanol–water partition coefficient (Wildman–Crippen LogP) is 6.01. The molecule has 3 heterocycles. The van der Waals surface area contributed by atoms with E-state index in [0.29, 0.717) is 16.7 Å². The van der Waals surface area contributed by atoms with Crippen molar-refractivity contribution in [2.75, 3.05) is 0 Å². The molecule has 0 spiro atoms. The molecule has 2 aliphatic rings. The van der Waals surface area contributed by atoms with Crippen LogP contribution in [0.2, 0.25) is 0 Å². The first kappa shape index (κ1) is 18.8. The third-order valence-electron chi connectivity index (χ3n) is 4.71. The van der Waals surface area contributed by atoms with Crippen LogP contribution in [0.3, 0.4) is 0 Å². The Kier molecular flexibility index (Phi) is 4.77. The molecule has 1 amide bonds. The van der Waals surface area contributed by atoms with E-state index >= 15 is 0 Å². The Hall–Kier alpha value is -3.16. The van der Waals surface area contributed by atoms with Gasteiger partial charge in [-0.3, -0.25) is 15.1 Å². The highest BCUT2D eigenvalue weighted by molar-refractivity contribution is 9.10. The number of hydrogen-bond acceptors (Lipinski definition) is 4. The van der Waals surface area contributed by atoms with E-state index in [1.165, 1.54) is 11.8 Å². The summed E-state index contributed by atoms with van der Waals surface area (Å²) in [4.78, 5) is 18.5. The van der Waals surface area contributed by atoms with Crippen molar-refractivity contribution in [3.05, 3.63) is 93.5 Å². The van der Waals surface area contributed by atoms with Gasteiger partial charge in [-0.05, 0) is 35.9 Å². The fourth-order valence-electron chi connectivity index (χ4n) is 3.28. The molecule has 7 heteroatoms. The third-order valence-corrected chi connectivity index (χ3v) is 6.03. The van der Waals surface area contributed by atoms with Crippen molar-refractivity contribution in [1.82, 2.24) is 4.90 Å². The molecule has 0 bridgehead atoms. The zero-order chi connectivity index (χ0) is 20.7. The van der Waals surface area contributed by atoms with Crippen molar-refractivity contribution in [1.29, 1.82) is 5.41 Å². The summed E-state index contributed by atoms with van der Waals surface area (Å²) in [5.41, 5.74) is 2.91. The van der Waals surface area contributed by atoms with Crippen LogP contribution in [0.5, 0.6) is 0 Å². The average molecular weight is 476 g/mol. The van der Waals surface area contributed by atoms with Crippen molar-refractivity contribution in [3.63, 3.8) is 0 Å². The number of rotatable bonds is 3. The summed E-state index contributed by atoms with van der Waals surface area (Å²) in [6.07, 6.45) is 1.58. The summed E-state index contributed by atoms with van der Waals surface area (Å²) in [7, 11) is 0. The van der Waals surface area contributed by atoms with Crippen LogP contribution in [0.15, 0.2) is 91.6 Å². The zero-order valence-corrected chi connectivity index (χ0v) is 17.9. The van der Waals surface area contributed by atoms with Gasteiger partial charge < -0.3 is 4.42 Å². The molecule has 0 aliphatic carbocycles. The highest BCUT2D eigenvalue weighted by atomic mass is 79.9. The lowest BCUT2D eigenvalue weighted by molar-refractivity contribution is -0.114. The summed E-state index contributed by atoms with van der Waals surface area (Å²) in [6.45, 7) is 0. The molecule has 0 unspecified atom stereocenters. The lowest BCUT2D eigenvalue weighted by Crippen LogP contribution is -2.37. The van der Waals surface area contributed by atoms with Crippen LogP contribution in [0.1, 0.15) is 11.3 Å². The molecular formula is C23H14BrN3O2S. The number of carbonyl (C=O) groups excluding carboxylic acids is 1. The third kappa shape index (κ3) is 3.36. The molecule has 0 atom stereocenters. The van der Waals surface area contributed by atoms with E-state index in [1.54, 1.807) is 17.0 Å². The Morgan fingerprint density at radius 3 is 2.63 bits per heavy atom. The Labute approximate surface area is 185 Å². The second-order valence-electron chi connectivity index (χ2n) is 6.64. The molecule has 0 fully saturated rings. The topological polar surface area (TPSA) is 69.7 Å². The fraction of sp³-hybridized carbons (Fsp3) is 0. The number of amidine groups is 2. The van der Waals surface area contributed by atoms with Crippen LogP contribution in [0, 0.1) is 5.41 Å². The Balaban J connectivity index is 1.49. The van der Waals surface area contributed by atoms with Crippen molar-refractivity contribution in [2.24, 2.45) is 4.99 Å². The zero-order valence-electron chi connectivity index (χ0n) is 15.5. The number of nitrogens with one attached hydrogen (secondary N) is 1. The number of aliphatic imine (C=N–C) groups is 1. The number of halogens is 1. The van der Waals surface area contributed by atoms with Crippen molar-refractivity contribution in [2.45, 2.75) is 0 Å². The highest BCUT2D eigenvalue weighted by Gasteiger charge is 2.36. The Morgan fingerprint density at radius 1 is 1.03 bits per heavy atom. The van der Waals surface area contributed by atoms with Gasteiger partial charge in [0.15, 0.2) is 5.17 Å². The molecule has 0 radical (unpaired) electrons. The summed E-state index contributed by atoms with van der Waals surface area (Å²) in [6, 6.07) is 21.2. The summed E-state index contributed by atoms with van der Waals surface area (Å²) >= 11 is 4.80. The van der Waals surface area contributed by atoms with Crippen LogP contribution in [-0.4, -0.2) is 21.8 Å². The number of benzene rings is 2. The van der Waals surface area contributed by atoms with Gasteiger partial charge in [-0.1, -0.05) is 70.2 Å². The molecule has 1 N–H and O–H groups in total. The van der Waals surface area contributed by atoms with E-state index < -0.39 is 5.91 Å². The lowest BCUT2D eigenvalue weighted by Gasteiger charge is -2.26. The quantitative estimate of drug-likeness (QED) is 0.470. The number of carbonyl (C=O) groups is 1. The van der Waals surface area contributed by atoms with Gasteiger partial charge in [0.1, 0.15) is 17.4 Å². The Morgan fingerprint density at radius 2 is 1.83 bits per heavy atom. The number of nitrogens with zero attached hydrogens (tertiary/aromatic N) is 2. The van der Waals surface area contributed by atoms with Crippen LogP contribution in [0.25, 0.3) is 23.1 Å². The maximum absolute atomic E-state index is 12.6. The van der Waals surface area contributed by atoms with Crippen molar-refractivity contribution in [3.8, 4) is 11.3 Å². The minimum atomic E-state index is -0.443. The second-order valence-corrected chi connectivity index (χ2v) is 8.39. The monoisotopic (exact) mass is 475 g/mol. The van der Waals surface area contributed by atoms with Crippen molar-refractivity contribution >= 4 is 56.4 Å². The highest BCUT2D eigenvalue weighted by Crippen LogP contribution is 2.37. The molecule has 5 nitrogen and oxygen atoms in total. The predicted molar refractivity (Wildman–Crippen MR) is 124 cm³/mol. The summed E-state index contributed by atoms with van der Waals surface area (Å²) in [5, 5.41) is 11.1. The first-order chi connectivity index (χ1) is 14.6. The number of hydrogen-bond donors (Lipinski definition) is 1. The van der Waals surface area contributed by atoms with E-state index in [9.17, 15) is 4.79 Å². The standard InChI is InChI=1S/C23H14BrN3O2S/c24-16-8-4-7-15(11-16)20-10-9-17(29-20)12-18-21(25)27-19(14-5-2-1-3-6-14)13-30-23(27)26-22(18)28/h1-13,25H. The molecule has 146 valence electrons. The largest absolute Gasteiger partial charge is 0.457 e. The van der Waals surface area contributed by atoms with E-state index in [2.05, 4.69) is 20.9 Å². The first-order valence-corrected chi connectivity index (χ1v) is 10.8. The van der Waals surface area contributed by atoms with Crippen LogP contribution < -0.4 is 0 Å². The van der Waals surface area contributed by atoms with E-state index in [0.717, 1.165) is 21.3 Å². The molecule has 3 aromatic rings. The summed E-state index contributed by atoms with van der Waals surface area (Å²) < 4.78 is 6.87. The van der Waals surface area contributed by atoms with Gasteiger partial charge in [0.2, 0.25) is 0 Å². The van der Waals surface area contributed by atoms with Crippen LogP contribution in [-0.2, 0) is 4.79 Å². The Bertz CT molecular complexity index is 1270. The minimum absolute atomic E-state index is 0.0884. The van der Waals surface area contributed by atoms with Crippen LogP contribution >= 0.6 is 27.7 Å². The average Bonchev–Trinajstić information content (AvgIpc) is 3.39.